The third kappa shape index (κ3) is 1.97. The Labute approximate surface area is 114 Å². The van der Waals surface area contributed by atoms with Crippen molar-refractivity contribution in [2.24, 2.45) is 0 Å². The molecular formula is C14H14FN3O2. The summed E-state index contributed by atoms with van der Waals surface area (Å²) in [5, 5.41) is 0.00885. The Hall–Kier alpha value is -2.24. The maximum atomic E-state index is 13.8. The summed E-state index contributed by atoms with van der Waals surface area (Å²) >= 11 is 0. The summed E-state index contributed by atoms with van der Waals surface area (Å²) in [6.45, 7) is 0.445. The SMILES string of the molecule is CN1C[C@H](n2cnc3cccc(F)c3c2=O)CCC1=O. The van der Waals surface area contributed by atoms with Crippen molar-refractivity contribution in [2.75, 3.05) is 13.6 Å². The van der Waals surface area contributed by atoms with E-state index >= 15 is 0 Å². The lowest BCUT2D eigenvalue weighted by molar-refractivity contribution is -0.132. The first kappa shape index (κ1) is 12.8. The average molecular weight is 275 g/mol. The highest BCUT2D eigenvalue weighted by atomic mass is 19.1. The number of likely N-dealkylation sites (N-methyl/N-ethyl adjacent to an activating group) is 1. The first-order valence-corrected chi connectivity index (χ1v) is 6.47. The number of likely N-dealkylation sites (tertiary alicyclic amines) is 1. The lowest BCUT2D eigenvalue weighted by Gasteiger charge is -2.30. The third-order valence-corrected chi connectivity index (χ3v) is 3.76. The molecule has 1 saturated heterocycles. The van der Waals surface area contributed by atoms with Crippen LogP contribution in [0.4, 0.5) is 4.39 Å². The van der Waals surface area contributed by atoms with Crippen LogP contribution in [0.15, 0.2) is 29.3 Å². The number of hydrogen-bond donors (Lipinski definition) is 0. The van der Waals surface area contributed by atoms with Crippen LogP contribution < -0.4 is 5.56 Å². The average Bonchev–Trinajstić information content (AvgIpc) is 2.42. The van der Waals surface area contributed by atoms with Gasteiger partial charge in [-0.25, -0.2) is 9.37 Å². The molecule has 0 bridgehead atoms. The largest absolute Gasteiger partial charge is 0.344 e. The number of aromatic nitrogens is 2. The zero-order valence-electron chi connectivity index (χ0n) is 11.0. The number of halogens is 1. The predicted molar refractivity (Wildman–Crippen MR) is 71.9 cm³/mol. The molecule has 1 fully saturated rings. The summed E-state index contributed by atoms with van der Waals surface area (Å²) in [5.41, 5.74) is -0.0349. The van der Waals surface area contributed by atoms with Gasteiger partial charge in [-0.05, 0) is 18.6 Å². The minimum Gasteiger partial charge on any atom is -0.344 e. The number of nitrogens with zero attached hydrogens (tertiary/aromatic N) is 3. The van der Waals surface area contributed by atoms with E-state index in [1.807, 2.05) is 0 Å². The Bertz CT molecular complexity index is 741. The fourth-order valence-electron chi connectivity index (χ4n) is 2.62. The number of hydrogen-bond acceptors (Lipinski definition) is 3. The summed E-state index contributed by atoms with van der Waals surface area (Å²) in [6.07, 6.45) is 2.41. The van der Waals surface area contributed by atoms with Crippen molar-refractivity contribution in [3.05, 3.63) is 40.7 Å². The van der Waals surface area contributed by atoms with E-state index in [0.29, 0.717) is 24.9 Å². The number of rotatable bonds is 1. The van der Waals surface area contributed by atoms with E-state index in [4.69, 9.17) is 0 Å². The van der Waals surface area contributed by atoms with Gasteiger partial charge in [0.2, 0.25) is 5.91 Å². The molecular weight excluding hydrogens is 261 g/mol. The Morgan fingerprint density at radius 1 is 1.35 bits per heavy atom. The van der Waals surface area contributed by atoms with Crippen LogP contribution in [-0.4, -0.2) is 34.0 Å². The second-order valence-corrected chi connectivity index (χ2v) is 5.06. The van der Waals surface area contributed by atoms with E-state index in [0.717, 1.165) is 0 Å². The summed E-state index contributed by atoms with van der Waals surface area (Å²) in [6, 6.07) is 4.25. The summed E-state index contributed by atoms with van der Waals surface area (Å²) in [4.78, 5) is 29.6. The van der Waals surface area contributed by atoms with Gasteiger partial charge in [-0.15, -0.1) is 0 Å². The number of amides is 1. The molecule has 20 heavy (non-hydrogen) atoms. The van der Waals surface area contributed by atoms with E-state index in [9.17, 15) is 14.0 Å². The second-order valence-electron chi connectivity index (χ2n) is 5.06. The molecule has 1 amide bonds. The van der Waals surface area contributed by atoms with E-state index in [1.165, 1.54) is 23.0 Å². The van der Waals surface area contributed by atoms with Crippen LogP contribution in [0.25, 0.3) is 10.9 Å². The van der Waals surface area contributed by atoms with Crippen LogP contribution in [0.1, 0.15) is 18.9 Å². The predicted octanol–water partition coefficient (Wildman–Crippen LogP) is 1.33. The first-order chi connectivity index (χ1) is 9.58. The Morgan fingerprint density at radius 2 is 2.15 bits per heavy atom. The molecule has 2 heterocycles. The normalized spacial score (nSPS) is 19.6. The highest BCUT2D eigenvalue weighted by Crippen LogP contribution is 2.20. The fraction of sp³-hybridized carbons (Fsp3) is 0.357. The van der Waals surface area contributed by atoms with Crippen LogP contribution in [-0.2, 0) is 4.79 Å². The van der Waals surface area contributed by atoms with Crippen molar-refractivity contribution in [3.8, 4) is 0 Å². The van der Waals surface area contributed by atoms with Crippen LogP contribution in [0, 0.1) is 5.82 Å². The first-order valence-electron chi connectivity index (χ1n) is 6.47. The van der Waals surface area contributed by atoms with Crippen molar-refractivity contribution in [3.63, 3.8) is 0 Å². The quantitative estimate of drug-likeness (QED) is 0.789. The van der Waals surface area contributed by atoms with Crippen molar-refractivity contribution in [2.45, 2.75) is 18.9 Å². The number of piperidine rings is 1. The van der Waals surface area contributed by atoms with Crippen LogP contribution in [0.5, 0.6) is 0 Å². The van der Waals surface area contributed by atoms with Gasteiger partial charge in [0.15, 0.2) is 0 Å². The van der Waals surface area contributed by atoms with Crippen LogP contribution in [0.2, 0.25) is 0 Å². The van der Waals surface area contributed by atoms with Crippen molar-refractivity contribution < 1.29 is 9.18 Å². The van der Waals surface area contributed by atoms with Gasteiger partial charge in [0.1, 0.15) is 11.2 Å². The summed E-state index contributed by atoms with van der Waals surface area (Å²) in [5.74, 6) is -0.496. The maximum Gasteiger partial charge on any atom is 0.264 e. The molecule has 0 saturated carbocycles. The molecule has 6 heteroatoms. The second kappa shape index (κ2) is 4.70. The molecule has 1 aliphatic heterocycles. The monoisotopic (exact) mass is 275 g/mol. The molecule has 3 rings (SSSR count). The molecule has 0 radical (unpaired) electrons. The Kier molecular flexibility index (Phi) is 3.00. The van der Waals surface area contributed by atoms with Gasteiger partial charge < -0.3 is 4.90 Å². The van der Waals surface area contributed by atoms with E-state index < -0.39 is 5.82 Å². The van der Waals surface area contributed by atoms with Crippen molar-refractivity contribution in [1.82, 2.24) is 14.5 Å². The third-order valence-electron chi connectivity index (χ3n) is 3.76. The molecule has 0 aliphatic carbocycles. The topological polar surface area (TPSA) is 55.2 Å². The molecule has 1 aliphatic rings. The number of carbonyl (C=O) groups is 1. The Morgan fingerprint density at radius 3 is 2.90 bits per heavy atom. The van der Waals surface area contributed by atoms with E-state index in [1.54, 1.807) is 18.0 Å². The summed E-state index contributed by atoms with van der Waals surface area (Å²) in [7, 11) is 1.70. The van der Waals surface area contributed by atoms with E-state index in [2.05, 4.69) is 4.98 Å². The molecule has 0 N–H and O–H groups in total. The standard InChI is InChI=1S/C14H14FN3O2/c1-17-7-9(5-6-12(17)19)18-8-16-11-4-2-3-10(15)13(11)14(18)20/h2-4,8-9H,5-7H2,1H3/t9-/m1/s1. The highest BCUT2D eigenvalue weighted by Gasteiger charge is 2.25. The van der Waals surface area contributed by atoms with Gasteiger partial charge in [0, 0.05) is 20.0 Å². The molecule has 0 spiro atoms. The molecule has 2 aromatic rings. The summed E-state index contributed by atoms with van der Waals surface area (Å²) < 4.78 is 15.3. The fourth-order valence-corrected chi connectivity index (χ4v) is 2.62. The lowest BCUT2D eigenvalue weighted by atomic mass is 10.1. The Balaban J connectivity index is 2.09. The zero-order valence-corrected chi connectivity index (χ0v) is 11.0. The van der Waals surface area contributed by atoms with Crippen LogP contribution in [0.3, 0.4) is 0 Å². The van der Waals surface area contributed by atoms with Crippen LogP contribution >= 0.6 is 0 Å². The smallest absolute Gasteiger partial charge is 0.264 e. The molecule has 0 unspecified atom stereocenters. The van der Waals surface area contributed by atoms with Gasteiger partial charge in [-0.3, -0.25) is 14.2 Å². The molecule has 1 aromatic heterocycles. The van der Waals surface area contributed by atoms with Gasteiger partial charge in [-0.1, -0.05) is 6.07 Å². The molecule has 5 nitrogen and oxygen atoms in total. The minimum atomic E-state index is -0.561. The van der Waals surface area contributed by atoms with Gasteiger partial charge >= 0.3 is 0 Å². The highest BCUT2D eigenvalue weighted by molar-refractivity contribution is 5.78. The lowest BCUT2D eigenvalue weighted by Crippen LogP contribution is -2.41. The van der Waals surface area contributed by atoms with Gasteiger partial charge in [0.05, 0.1) is 17.9 Å². The minimum absolute atomic E-state index is 0.00885. The van der Waals surface area contributed by atoms with Crippen molar-refractivity contribution >= 4 is 16.8 Å². The number of benzene rings is 1. The molecule has 1 aromatic carbocycles. The zero-order chi connectivity index (χ0) is 14.3. The van der Waals surface area contributed by atoms with Crippen molar-refractivity contribution in [1.29, 1.82) is 0 Å². The molecule has 104 valence electrons. The van der Waals surface area contributed by atoms with Gasteiger partial charge in [-0.2, -0.15) is 0 Å². The molecule has 1 atom stereocenters. The maximum absolute atomic E-state index is 13.8. The number of fused-ring (bicyclic) bond motifs is 1. The van der Waals surface area contributed by atoms with E-state index in [-0.39, 0.29) is 22.9 Å². The number of carbonyl (C=O) groups excluding carboxylic acids is 1. The van der Waals surface area contributed by atoms with Gasteiger partial charge in [0.25, 0.3) is 5.56 Å².